The van der Waals surface area contributed by atoms with E-state index < -0.39 is 17.5 Å². The van der Waals surface area contributed by atoms with E-state index in [1.54, 1.807) is 18.2 Å². The number of hydrogen-bond acceptors (Lipinski definition) is 3. The lowest BCUT2D eigenvalue weighted by atomic mass is 9.96. The van der Waals surface area contributed by atoms with E-state index in [9.17, 15) is 13.2 Å². The monoisotopic (exact) mass is 434 g/mol. The Bertz CT molecular complexity index is 877. The van der Waals surface area contributed by atoms with Crippen LogP contribution in [-0.2, 0) is 9.47 Å². The molecule has 3 rings (SSSR count). The third kappa shape index (κ3) is 5.89. The summed E-state index contributed by atoms with van der Waals surface area (Å²) in [4.78, 5) is 0. The molecular formula is C25H29F3O3. The van der Waals surface area contributed by atoms with Gasteiger partial charge in [-0.3, -0.25) is 0 Å². The number of unbranched alkanes of at least 4 members (excludes halogenated alkanes) is 1. The summed E-state index contributed by atoms with van der Waals surface area (Å²) in [5, 5.41) is 0. The summed E-state index contributed by atoms with van der Waals surface area (Å²) in [5.74, 6) is -2.79. The van der Waals surface area contributed by atoms with Gasteiger partial charge in [-0.2, -0.15) is 4.39 Å². The highest BCUT2D eigenvalue weighted by molar-refractivity contribution is 5.66. The van der Waals surface area contributed by atoms with Crippen LogP contribution in [0.25, 0.3) is 11.1 Å². The highest BCUT2D eigenvalue weighted by Crippen LogP contribution is 2.35. The summed E-state index contributed by atoms with van der Waals surface area (Å²) >= 11 is 0. The molecule has 2 aromatic carbocycles. The lowest BCUT2D eigenvalue weighted by Gasteiger charge is -2.29. The number of hydrogen-bond donors (Lipinski definition) is 0. The van der Waals surface area contributed by atoms with Crippen molar-refractivity contribution >= 4 is 0 Å². The molecule has 0 spiro atoms. The zero-order valence-corrected chi connectivity index (χ0v) is 17.8. The molecule has 1 heterocycles. The zero-order valence-electron chi connectivity index (χ0n) is 17.8. The topological polar surface area (TPSA) is 27.7 Å². The van der Waals surface area contributed by atoms with Gasteiger partial charge in [0.05, 0.1) is 25.4 Å². The van der Waals surface area contributed by atoms with Crippen LogP contribution < -0.4 is 4.74 Å². The number of allylic oxidation sites excluding steroid dienone is 1. The average molecular weight is 434 g/mol. The number of rotatable bonds is 10. The van der Waals surface area contributed by atoms with Gasteiger partial charge in [0.15, 0.2) is 11.6 Å². The summed E-state index contributed by atoms with van der Waals surface area (Å²) in [6.07, 6.45) is 5.16. The maximum Gasteiger partial charge on any atom is 0.201 e. The van der Waals surface area contributed by atoms with E-state index in [0.29, 0.717) is 31.6 Å². The Labute approximate surface area is 181 Å². The molecule has 1 aliphatic rings. The van der Waals surface area contributed by atoms with Crippen LogP contribution in [0.3, 0.4) is 0 Å². The summed E-state index contributed by atoms with van der Waals surface area (Å²) in [5.41, 5.74) is 0.663. The van der Waals surface area contributed by atoms with Crippen LogP contribution in [0.5, 0.6) is 5.75 Å². The van der Waals surface area contributed by atoms with Gasteiger partial charge in [-0.25, -0.2) is 8.78 Å². The minimum Gasteiger partial charge on any atom is -0.490 e. The van der Waals surface area contributed by atoms with Gasteiger partial charge in [-0.15, -0.1) is 6.58 Å². The van der Waals surface area contributed by atoms with Crippen LogP contribution in [0.1, 0.15) is 50.7 Å². The largest absolute Gasteiger partial charge is 0.490 e. The molecule has 1 saturated heterocycles. The predicted molar refractivity (Wildman–Crippen MR) is 115 cm³/mol. The van der Waals surface area contributed by atoms with E-state index in [0.717, 1.165) is 19.3 Å². The van der Waals surface area contributed by atoms with Crippen molar-refractivity contribution in [2.45, 2.75) is 51.2 Å². The molecule has 0 radical (unpaired) electrons. The normalized spacial score (nSPS) is 18.7. The maximum atomic E-state index is 14.8. The second kappa shape index (κ2) is 11.3. The molecule has 0 saturated carbocycles. The highest BCUT2D eigenvalue weighted by atomic mass is 19.2. The number of benzene rings is 2. The van der Waals surface area contributed by atoms with Crippen LogP contribution in [-0.4, -0.2) is 25.9 Å². The number of halogens is 3. The third-order valence-electron chi connectivity index (χ3n) is 5.31. The molecule has 0 aliphatic carbocycles. The Kier molecular flexibility index (Phi) is 8.55. The molecule has 31 heavy (non-hydrogen) atoms. The maximum absolute atomic E-state index is 14.8. The first-order valence-corrected chi connectivity index (χ1v) is 10.8. The molecule has 0 amide bonds. The lowest BCUT2D eigenvalue weighted by molar-refractivity contribution is -0.0874. The van der Waals surface area contributed by atoms with Crippen molar-refractivity contribution in [1.29, 1.82) is 0 Å². The van der Waals surface area contributed by atoms with Gasteiger partial charge in [-0.05, 0) is 55.9 Å². The second-order valence-corrected chi connectivity index (χ2v) is 7.65. The molecule has 6 heteroatoms. The van der Waals surface area contributed by atoms with Crippen LogP contribution in [0, 0.1) is 17.5 Å². The van der Waals surface area contributed by atoms with E-state index in [4.69, 9.17) is 14.2 Å². The van der Waals surface area contributed by atoms with Crippen molar-refractivity contribution in [2.24, 2.45) is 0 Å². The van der Waals surface area contributed by atoms with Gasteiger partial charge < -0.3 is 14.2 Å². The Morgan fingerprint density at radius 2 is 1.94 bits per heavy atom. The molecule has 168 valence electrons. The Morgan fingerprint density at radius 1 is 1.10 bits per heavy atom. The van der Waals surface area contributed by atoms with Crippen molar-refractivity contribution < 1.29 is 27.4 Å². The van der Waals surface area contributed by atoms with Crippen LogP contribution in [0.15, 0.2) is 43.0 Å². The second-order valence-electron chi connectivity index (χ2n) is 7.65. The van der Waals surface area contributed by atoms with Crippen LogP contribution in [0.4, 0.5) is 13.2 Å². The van der Waals surface area contributed by atoms with E-state index in [1.807, 2.05) is 6.92 Å². The highest BCUT2D eigenvalue weighted by Gasteiger charge is 2.26. The summed E-state index contributed by atoms with van der Waals surface area (Å²) in [7, 11) is 0. The van der Waals surface area contributed by atoms with E-state index in [1.165, 1.54) is 18.2 Å². The molecule has 0 N–H and O–H groups in total. The molecule has 3 nitrogen and oxygen atoms in total. The fraction of sp³-hybridized carbons (Fsp3) is 0.440. The van der Waals surface area contributed by atoms with Gasteiger partial charge in [0.1, 0.15) is 5.82 Å². The fourth-order valence-electron chi connectivity index (χ4n) is 3.62. The smallest absolute Gasteiger partial charge is 0.201 e. The lowest BCUT2D eigenvalue weighted by Crippen LogP contribution is -2.28. The Hall–Kier alpha value is -2.31. The van der Waals surface area contributed by atoms with Crippen molar-refractivity contribution in [2.75, 3.05) is 19.8 Å². The summed E-state index contributed by atoms with van der Waals surface area (Å²) < 4.78 is 60.6. The van der Waals surface area contributed by atoms with E-state index in [-0.39, 0.29) is 35.7 Å². The predicted octanol–water partition coefficient (Wildman–Crippen LogP) is 6.76. The third-order valence-corrected chi connectivity index (χ3v) is 5.31. The van der Waals surface area contributed by atoms with E-state index >= 15 is 0 Å². The van der Waals surface area contributed by atoms with Gasteiger partial charge in [-0.1, -0.05) is 25.1 Å². The minimum absolute atomic E-state index is 0.0148. The van der Waals surface area contributed by atoms with Gasteiger partial charge in [0.2, 0.25) is 5.82 Å². The summed E-state index contributed by atoms with van der Waals surface area (Å²) in [6.45, 7) is 7.01. The molecule has 2 aromatic rings. The van der Waals surface area contributed by atoms with Crippen molar-refractivity contribution in [1.82, 2.24) is 0 Å². The van der Waals surface area contributed by atoms with Gasteiger partial charge in [0.25, 0.3) is 0 Å². The van der Waals surface area contributed by atoms with Gasteiger partial charge >= 0.3 is 0 Å². The first-order valence-electron chi connectivity index (χ1n) is 10.8. The molecule has 2 unspecified atom stereocenters. The van der Waals surface area contributed by atoms with Crippen LogP contribution >= 0.6 is 0 Å². The molecule has 1 fully saturated rings. The quantitative estimate of drug-likeness (QED) is 0.305. The standard InChI is InChI=1S/C25H29F3O3/c1-3-5-6-14-30-23-12-10-19(24(27)25(23)28)17-7-9-20(21(26)15-17)22-11-8-18(16-31-22)29-13-4-2/h3,7,9-10,12,15,18,22H,1,4-6,8,11,13-14,16H2,2H3. The zero-order chi connectivity index (χ0) is 22.2. The average Bonchev–Trinajstić information content (AvgIpc) is 2.78. The molecule has 0 aromatic heterocycles. The number of ether oxygens (including phenoxy) is 3. The van der Waals surface area contributed by atoms with E-state index in [2.05, 4.69) is 6.58 Å². The fourth-order valence-corrected chi connectivity index (χ4v) is 3.62. The molecule has 2 atom stereocenters. The summed E-state index contributed by atoms with van der Waals surface area (Å²) in [6, 6.07) is 7.17. The SMILES string of the molecule is C=CCCCOc1ccc(-c2ccc(C3CCC(OCCC)CO3)c(F)c2)c(F)c1F. The molecular weight excluding hydrogens is 405 g/mol. The van der Waals surface area contributed by atoms with Crippen molar-refractivity contribution in [3.05, 3.63) is 66.0 Å². The van der Waals surface area contributed by atoms with Crippen LogP contribution in [0.2, 0.25) is 0 Å². The minimum atomic E-state index is -1.07. The Morgan fingerprint density at radius 3 is 2.61 bits per heavy atom. The first kappa shape index (κ1) is 23.4. The molecule has 0 bridgehead atoms. The van der Waals surface area contributed by atoms with Crippen molar-refractivity contribution in [3.63, 3.8) is 0 Å². The first-order chi connectivity index (χ1) is 15.0. The molecule has 1 aliphatic heterocycles. The van der Waals surface area contributed by atoms with Crippen molar-refractivity contribution in [3.8, 4) is 16.9 Å². The Balaban J connectivity index is 1.70. The van der Waals surface area contributed by atoms with Gasteiger partial charge in [0, 0.05) is 17.7 Å².